The summed E-state index contributed by atoms with van der Waals surface area (Å²) < 4.78 is 20.8. The van der Waals surface area contributed by atoms with Gasteiger partial charge in [-0.15, -0.1) is 10.2 Å². The maximum atomic E-state index is 13.3. The zero-order valence-corrected chi connectivity index (χ0v) is 14.2. The SMILES string of the molecule is N#CCCn1cc(-c2nnc(-c3ccccc3)o2)c(-c2ccc(F)cc2)n1. The first-order chi connectivity index (χ1) is 13.2. The van der Waals surface area contributed by atoms with Crippen molar-refractivity contribution in [3.05, 3.63) is 66.6 Å². The number of halogens is 1. The molecule has 2 aromatic heterocycles. The molecule has 2 aromatic carbocycles. The highest BCUT2D eigenvalue weighted by Gasteiger charge is 2.19. The average Bonchev–Trinajstić information content (AvgIpc) is 3.35. The summed E-state index contributed by atoms with van der Waals surface area (Å²) in [7, 11) is 0. The van der Waals surface area contributed by atoms with Gasteiger partial charge < -0.3 is 4.42 Å². The van der Waals surface area contributed by atoms with E-state index in [2.05, 4.69) is 21.4 Å². The number of hydrogen-bond acceptors (Lipinski definition) is 5. The van der Waals surface area contributed by atoms with Gasteiger partial charge in [-0.25, -0.2) is 4.39 Å². The monoisotopic (exact) mass is 359 g/mol. The highest BCUT2D eigenvalue weighted by atomic mass is 19.1. The first-order valence-electron chi connectivity index (χ1n) is 8.34. The summed E-state index contributed by atoms with van der Waals surface area (Å²) in [6.45, 7) is 0.435. The fraction of sp³-hybridized carbons (Fsp3) is 0.100. The van der Waals surface area contributed by atoms with E-state index in [1.807, 2.05) is 30.3 Å². The molecule has 27 heavy (non-hydrogen) atoms. The predicted molar refractivity (Wildman–Crippen MR) is 96.6 cm³/mol. The van der Waals surface area contributed by atoms with Gasteiger partial charge in [-0.1, -0.05) is 18.2 Å². The highest BCUT2D eigenvalue weighted by molar-refractivity contribution is 5.76. The van der Waals surface area contributed by atoms with Gasteiger partial charge in [0.15, 0.2) is 0 Å². The Hall–Kier alpha value is -3.79. The van der Waals surface area contributed by atoms with Crippen molar-refractivity contribution in [2.75, 3.05) is 0 Å². The fourth-order valence-electron chi connectivity index (χ4n) is 2.71. The summed E-state index contributed by atoms with van der Waals surface area (Å²) in [4.78, 5) is 0. The molecule has 0 saturated heterocycles. The minimum absolute atomic E-state index is 0.316. The average molecular weight is 359 g/mol. The van der Waals surface area contributed by atoms with E-state index in [9.17, 15) is 4.39 Å². The van der Waals surface area contributed by atoms with Gasteiger partial charge in [-0.3, -0.25) is 4.68 Å². The zero-order chi connectivity index (χ0) is 18.6. The van der Waals surface area contributed by atoms with Gasteiger partial charge in [0.1, 0.15) is 11.5 Å². The van der Waals surface area contributed by atoms with Crippen molar-refractivity contribution in [3.8, 4) is 40.2 Å². The van der Waals surface area contributed by atoms with E-state index in [1.165, 1.54) is 12.1 Å². The summed E-state index contributed by atoms with van der Waals surface area (Å²) in [5.41, 5.74) is 2.77. The van der Waals surface area contributed by atoms with Gasteiger partial charge in [-0.05, 0) is 36.4 Å². The zero-order valence-electron chi connectivity index (χ0n) is 14.2. The Bertz CT molecular complexity index is 1090. The van der Waals surface area contributed by atoms with Crippen LogP contribution in [0.2, 0.25) is 0 Å². The molecule has 2 heterocycles. The fourth-order valence-corrected chi connectivity index (χ4v) is 2.71. The van der Waals surface area contributed by atoms with Crippen molar-refractivity contribution >= 4 is 0 Å². The topological polar surface area (TPSA) is 80.5 Å². The van der Waals surface area contributed by atoms with Crippen LogP contribution in [0.5, 0.6) is 0 Å². The van der Waals surface area contributed by atoms with Crippen LogP contribution in [0.3, 0.4) is 0 Å². The predicted octanol–water partition coefficient (Wildman–Crippen LogP) is 4.32. The standard InChI is InChI=1S/C20H14FN5O/c21-16-9-7-14(8-10-16)18-17(13-26(25-18)12-4-11-22)20-24-23-19(27-20)15-5-2-1-3-6-15/h1-3,5-10,13H,4,12H2. The summed E-state index contributed by atoms with van der Waals surface area (Å²) in [6, 6.07) is 17.6. The van der Waals surface area contributed by atoms with Crippen LogP contribution in [0.1, 0.15) is 6.42 Å². The third-order valence-electron chi connectivity index (χ3n) is 4.01. The second kappa shape index (κ2) is 7.22. The van der Waals surface area contributed by atoms with Gasteiger partial charge in [0, 0.05) is 17.3 Å². The molecule has 0 N–H and O–H groups in total. The third-order valence-corrected chi connectivity index (χ3v) is 4.01. The van der Waals surface area contributed by atoms with Crippen LogP contribution in [-0.4, -0.2) is 20.0 Å². The molecule has 0 radical (unpaired) electrons. The molecule has 4 rings (SSSR count). The van der Waals surface area contributed by atoms with Crippen molar-refractivity contribution in [1.82, 2.24) is 20.0 Å². The molecular weight excluding hydrogens is 345 g/mol. The maximum absolute atomic E-state index is 13.3. The minimum atomic E-state index is -0.326. The van der Waals surface area contributed by atoms with E-state index in [4.69, 9.17) is 9.68 Å². The molecule has 132 valence electrons. The Morgan fingerprint density at radius 1 is 0.963 bits per heavy atom. The first-order valence-corrected chi connectivity index (χ1v) is 8.34. The highest BCUT2D eigenvalue weighted by Crippen LogP contribution is 2.32. The van der Waals surface area contributed by atoms with E-state index >= 15 is 0 Å². The number of rotatable bonds is 5. The molecule has 4 aromatic rings. The molecule has 0 atom stereocenters. The van der Waals surface area contributed by atoms with Gasteiger partial charge in [0.25, 0.3) is 5.89 Å². The molecule has 0 saturated carbocycles. The molecule has 0 unspecified atom stereocenters. The molecule has 0 bridgehead atoms. The lowest BCUT2D eigenvalue weighted by atomic mass is 10.1. The van der Waals surface area contributed by atoms with Gasteiger partial charge in [0.05, 0.1) is 24.6 Å². The number of aromatic nitrogens is 4. The van der Waals surface area contributed by atoms with Gasteiger partial charge >= 0.3 is 0 Å². The number of nitriles is 1. The van der Waals surface area contributed by atoms with Crippen molar-refractivity contribution in [3.63, 3.8) is 0 Å². The molecule has 0 aliphatic carbocycles. The Balaban J connectivity index is 1.77. The number of nitrogens with zero attached hydrogens (tertiary/aromatic N) is 5. The molecule has 0 amide bonds. The number of aryl methyl sites for hydroxylation is 1. The Labute approximate surface area is 154 Å². The minimum Gasteiger partial charge on any atom is -0.416 e. The van der Waals surface area contributed by atoms with Crippen LogP contribution >= 0.6 is 0 Å². The maximum Gasteiger partial charge on any atom is 0.251 e. The van der Waals surface area contributed by atoms with Crippen molar-refractivity contribution in [2.24, 2.45) is 0 Å². The lowest BCUT2D eigenvalue weighted by Gasteiger charge is -1.99. The summed E-state index contributed by atoms with van der Waals surface area (Å²) in [5.74, 6) is 0.394. The second-order valence-corrected chi connectivity index (χ2v) is 5.85. The van der Waals surface area contributed by atoms with Crippen LogP contribution in [0.4, 0.5) is 4.39 Å². The van der Waals surface area contributed by atoms with Crippen LogP contribution in [-0.2, 0) is 6.54 Å². The molecule has 0 aliphatic rings. The van der Waals surface area contributed by atoms with E-state index in [1.54, 1.807) is 23.0 Å². The molecule has 0 fully saturated rings. The smallest absolute Gasteiger partial charge is 0.251 e. The Morgan fingerprint density at radius 3 is 2.44 bits per heavy atom. The van der Waals surface area contributed by atoms with Crippen molar-refractivity contribution in [1.29, 1.82) is 5.26 Å². The van der Waals surface area contributed by atoms with E-state index < -0.39 is 0 Å². The summed E-state index contributed by atoms with van der Waals surface area (Å²) in [5, 5.41) is 21.6. The Kier molecular flexibility index (Phi) is 4.45. The third kappa shape index (κ3) is 3.46. The van der Waals surface area contributed by atoms with E-state index in [0.29, 0.717) is 36.0 Å². The molecule has 7 heteroatoms. The quantitative estimate of drug-likeness (QED) is 0.530. The first kappa shape index (κ1) is 16.7. The van der Waals surface area contributed by atoms with Gasteiger partial charge in [-0.2, -0.15) is 10.4 Å². The second-order valence-electron chi connectivity index (χ2n) is 5.85. The van der Waals surface area contributed by atoms with Crippen LogP contribution < -0.4 is 0 Å². The van der Waals surface area contributed by atoms with E-state index in [0.717, 1.165) is 11.1 Å². The van der Waals surface area contributed by atoms with Crippen LogP contribution in [0, 0.1) is 17.1 Å². The molecule has 0 aliphatic heterocycles. The summed E-state index contributed by atoms with van der Waals surface area (Å²) >= 11 is 0. The van der Waals surface area contributed by atoms with Crippen molar-refractivity contribution < 1.29 is 8.81 Å². The normalized spacial score (nSPS) is 10.7. The van der Waals surface area contributed by atoms with Gasteiger partial charge in [0.2, 0.25) is 5.89 Å². The van der Waals surface area contributed by atoms with Crippen molar-refractivity contribution in [2.45, 2.75) is 13.0 Å². The molecule has 0 spiro atoms. The molecular formula is C20H14FN5O. The number of benzene rings is 2. The number of hydrogen-bond donors (Lipinski definition) is 0. The van der Waals surface area contributed by atoms with E-state index in [-0.39, 0.29) is 5.82 Å². The van der Waals surface area contributed by atoms with Crippen LogP contribution in [0.25, 0.3) is 34.2 Å². The summed E-state index contributed by atoms with van der Waals surface area (Å²) in [6.07, 6.45) is 2.08. The Morgan fingerprint density at radius 2 is 1.70 bits per heavy atom. The largest absolute Gasteiger partial charge is 0.416 e. The lowest BCUT2D eigenvalue weighted by Crippen LogP contribution is -1.97. The van der Waals surface area contributed by atoms with Crippen LogP contribution in [0.15, 0.2) is 65.2 Å². The lowest BCUT2D eigenvalue weighted by molar-refractivity contribution is 0.584. The molecule has 6 nitrogen and oxygen atoms in total.